The summed E-state index contributed by atoms with van der Waals surface area (Å²) >= 11 is 0. The Hall–Kier alpha value is -1.61. The number of hydrogen-bond donors (Lipinski definition) is 0. The fraction of sp³-hybridized carbons (Fsp3) is 0.308. The zero-order valence-corrected chi connectivity index (χ0v) is 9.60. The van der Waals surface area contributed by atoms with Crippen molar-refractivity contribution in [3.05, 3.63) is 48.0 Å². The first kappa shape index (κ1) is 12.5. The van der Waals surface area contributed by atoms with Crippen molar-refractivity contribution >= 4 is 5.97 Å². The first-order chi connectivity index (χ1) is 7.65. The molecule has 0 aliphatic rings. The second kappa shape index (κ2) is 6.08. The van der Waals surface area contributed by atoms with Crippen LogP contribution in [0.5, 0.6) is 0 Å². The Labute approximate surface area is 95.7 Å². The van der Waals surface area contributed by atoms with Crippen LogP contribution in [0.15, 0.2) is 42.5 Å². The van der Waals surface area contributed by atoms with Gasteiger partial charge in [0.1, 0.15) is 12.7 Å². The predicted octanol–water partition coefficient (Wildman–Crippen LogP) is 2.49. The minimum absolute atomic E-state index is 0.201. The molecule has 86 valence electrons. The molecule has 1 rings (SSSR count). The van der Waals surface area contributed by atoms with Crippen molar-refractivity contribution in [1.29, 1.82) is 0 Å². The van der Waals surface area contributed by atoms with E-state index in [9.17, 15) is 4.79 Å². The molecule has 0 amide bonds. The molecule has 0 aromatic heterocycles. The van der Waals surface area contributed by atoms with E-state index in [1.54, 1.807) is 14.0 Å². The molecule has 1 aromatic rings. The van der Waals surface area contributed by atoms with Crippen LogP contribution < -0.4 is 0 Å². The Morgan fingerprint density at radius 3 is 2.50 bits per heavy atom. The minimum atomic E-state index is -0.391. The Kier molecular flexibility index (Phi) is 4.73. The van der Waals surface area contributed by atoms with E-state index >= 15 is 0 Å². The van der Waals surface area contributed by atoms with Crippen LogP contribution in [0, 0.1) is 0 Å². The summed E-state index contributed by atoms with van der Waals surface area (Å²) in [6, 6.07) is 9.63. The van der Waals surface area contributed by atoms with E-state index in [1.165, 1.54) is 0 Å². The highest BCUT2D eigenvalue weighted by Crippen LogP contribution is 2.16. The van der Waals surface area contributed by atoms with Crippen molar-refractivity contribution < 1.29 is 14.3 Å². The lowest BCUT2D eigenvalue weighted by atomic mass is 10.1. The standard InChI is InChI=1S/C13H16O3/c1-10(2)13(14)16-9-12(15-3)11-7-5-4-6-8-11/h4-8,12H,1,9H2,2-3H3/t12-/m0/s1. The molecule has 1 atom stereocenters. The first-order valence-electron chi connectivity index (χ1n) is 5.05. The van der Waals surface area contributed by atoms with E-state index in [-0.39, 0.29) is 12.7 Å². The molecular weight excluding hydrogens is 204 g/mol. The second-order valence-corrected chi connectivity index (χ2v) is 3.51. The van der Waals surface area contributed by atoms with Gasteiger partial charge in [-0.3, -0.25) is 0 Å². The van der Waals surface area contributed by atoms with E-state index in [0.29, 0.717) is 5.57 Å². The molecule has 0 aliphatic heterocycles. The van der Waals surface area contributed by atoms with Gasteiger partial charge in [0.15, 0.2) is 0 Å². The van der Waals surface area contributed by atoms with Gasteiger partial charge < -0.3 is 9.47 Å². The summed E-state index contributed by atoms with van der Waals surface area (Å²) in [6.07, 6.45) is -0.232. The predicted molar refractivity (Wildman–Crippen MR) is 62.0 cm³/mol. The van der Waals surface area contributed by atoms with Gasteiger partial charge in [-0.05, 0) is 12.5 Å². The average molecular weight is 220 g/mol. The molecule has 0 radical (unpaired) electrons. The summed E-state index contributed by atoms with van der Waals surface area (Å²) in [7, 11) is 1.59. The number of esters is 1. The van der Waals surface area contributed by atoms with Crippen LogP contribution in [0.1, 0.15) is 18.6 Å². The maximum Gasteiger partial charge on any atom is 0.333 e. The fourth-order valence-corrected chi connectivity index (χ4v) is 1.24. The van der Waals surface area contributed by atoms with Gasteiger partial charge in [-0.25, -0.2) is 4.79 Å². The number of methoxy groups -OCH3 is 1. The van der Waals surface area contributed by atoms with Crippen molar-refractivity contribution in [2.24, 2.45) is 0 Å². The quantitative estimate of drug-likeness (QED) is 0.565. The highest BCUT2D eigenvalue weighted by atomic mass is 16.6. The lowest BCUT2D eigenvalue weighted by molar-refractivity contribution is -0.142. The highest BCUT2D eigenvalue weighted by molar-refractivity contribution is 5.86. The Bertz CT molecular complexity index is 357. The first-order valence-corrected chi connectivity index (χ1v) is 5.05. The van der Waals surface area contributed by atoms with E-state index in [4.69, 9.17) is 9.47 Å². The van der Waals surface area contributed by atoms with Gasteiger partial charge in [-0.2, -0.15) is 0 Å². The number of carbonyl (C=O) groups is 1. The summed E-state index contributed by atoms with van der Waals surface area (Å²) in [5, 5.41) is 0. The van der Waals surface area contributed by atoms with Crippen LogP contribution in [-0.4, -0.2) is 19.7 Å². The lowest BCUT2D eigenvalue weighted by Crippen LogP contribution is -2.14. The van der Waals surface area contributed by atoms with E-state index in [1.807, 2.05) is 30.3 Å². The molecule has 16 heavy (non-hydrogen) atoms. The van der Waals surface area contributed by atoms with Crippen molar-refractivity contribution in [3.63, 3.8) is 0 Å². The molecular formula is C13H16O3. The van der Waals surface area contributed by atoms with Gasteiger partial charge in [0.2, 0.25) is 0 Å². The molecule has 0 aliphatic carbocycles. The number of rotatable bonds is 5. The molecule has 0 bridgehead atoms. The van der Waals surface area contributed by atoms with Crippen LogP contribution in [0.4, 0.5) is 0 Å². The SMILES string of the molecule is C=C(C)C(=O)OC[C@H](OC)c1ccccc1. The van der Waals surface area contributed by atoms with Crippen molar-refractivity contribution in [2.75, 3.05) is 13.7 Å². The zero-order chi connectivity index (χ0) is 12.0. The Morgan fingerprint density at radius 1 is 1.38 bits per heavy atom. The highest BCUT2D eigenvalue weighted by Gasteiger charge is 2.13. The van der Waals surface area contributed by atoms with Crippen LogP contribution >= 0.6 is 0 Å². The topological polar surface area (TPSA) is 35.5 Å². The maximum absolute atomic E-state index is 11.2. The summed E-state index contributed by atoms with van der Waals surface area (Å²) in [5.41, 5.74) is 1.38. The van der Waals surface area contributed by atoms with E-state index in [0.717, 1.165) is 5.56 Å². The smallest absolute Gasteiger partial charge is 0.333 e. The molecule has 0 fully saturated rings. The summed E-state index contributed by atoms with van der Waals surface area (Å²) in [6.45, 7) is 5.33. The maximum atomic E-state index is 11.2. The van der Waals surface area contributed by atoms with Gasteiger partial charge in [-0.1, -0.05) is 36.9 Å². The van der Waals surface area contributed by atoms with Crippen LogP contribution in [-0.2, 0) is 14.3 Å². The molecule has 0 heterocycles. The number of benzene rings is 1. The monoisotopic (exact) mass is 220 g/mol. The molecule has 0 saturated carbocycles. The van der Waals surface area contributed by atoms with Crippen LogP contribution in [0.25, 0.3) is 0 Å². The third-order valence-corrected chi connectivity index (χ3v) is 2.17. The van der Waals surface area contributed by atoms with Gasteiger partial charge >= 0.3 is 5.97 Å². The largest absolute Gasteiger partial charge is 0.459 e. The Balaban J connectivity index is 2.57. The summed E-state index contributed by atoms with van der Waals surface area (Å²) in [5.74, 6) is -0.391. The molecule has 3 heteroatoms. The van der Waals surface area contributed by atoms with E-state index in [2.05, 4.69) is 6.58 Å². The summed E-state index contributed by atoms with van der Waals surface area (Å²) < 4.78 is 10.3. The second-order valence-electron chi connectivity index (χ2n) is 3.51. The van der Waals surface area contributed by atoms with Gasteiger partial charge in [-0.15, -0.1) is 0 Å². The third kappa shape index (κ3) is 3.51. The molecule has 0 saturated heterocycles. The molecule has 0 N–H and O–H groups in total. The number of ether oxygens (including phenoxy) is 2. The Morgan fingerprint density at radius 2 is 2.00 bits per heavy atom. The van der Waals surface area contributed by atoms with Crippen LogP contribution in [0.2, 0.25) is 0 Å². The average Bonchev–Trinajstić information content (AvgIpc) is 2.30. The van der Waals surface area contributed by atoms with Gasteiger partial charge in [0, 0.05) is 12.7 Å². The molecule has 3 nitrogen and oxygen atoms in total. The molecule has 0 unspecified atom stereocenters. The summed E-state index contributed by atoms with van der Waals surface area (Å²) in [4.78, 5) is 11.2. The van der Waals surface area contributed by atoms with E-state index < -0.39 is 5.97 Å². The molecule has 1 aromatic carbocycles. The zero-order valence-electron chi connectivity index (χ0n) is 9.60. The minimum Gasteiger partial charge on any atom is -0.459 e. The van der Waals surface area contributed by atoms with Gasteiger partial charge in [0.25, 0.3) is 0 Å². The van der Waals surface area contributed by atoms with Crippen molar-refractivity contribution in [2.45, 2.75) is 13.0 Å². The fourth-order valence-electron chi connectivity index (χ4n) is 1.24. The normalized spacial score (nSPS) is 11.9. The van der Waals surface area contributed by atoms with Gasteiger partial charge in [0.05, 0.1) is 0 Å². The lowest BCUT2D eigenvalue weighted by Gasteiger charge is -2.15. The van der Waals surface area contributed by atoms with Crippen molar-refractivity contribution in [3.8, 4) is 0 Å². The number of hydrogen-bond acceptors (Lipinski definition) is 3. The number of carbonyl (C=O) groups excluding carboxylic acids is 1. The molecule has 0 spiro atoms. The van der Waals surface area contributed by atoms with Crippen molar-refractivity contribution in [1.82, 2.24) is 0 Å². The van der Waals surface area contributed by atoms with Crippen LogP contribution in [0.3, 0.4) is 0 Å². The third-order valence-electron chi connectivity index (χ3n) is 2.17.